The molecule has 0 unspecified atom stereocenters. The number of rotatable bonds is 4. The maximum Gasteiger partial charge on any atom is 0.168 e. The molecule has 1 aromatic carbocycles. The third-order valence-corrected chi connectivity index (χ3v) is 6.98. The van der Waals surface area contributed by atoms with E-state index in [2.05, 4.69) is 15.9 Å². The zero-order valence-corrected chi connectivity index (χ0v) is 12.5. The van der Waals surface area contributed by atoms with Crippen LogP contribution in [0, 0.1) is 6.92 Å². The summed E-state index contributed by atoms with van der Waals surface area (Å²) >= 11 is 3.15. The maximum atomic E-state index is 11.9. The zero-order valence-electron chi connectivity index (χ0n) is 10.1. The van der Waals surface area contributed by atoms with Gasteiger partial charge in [-0.25, -0.2) is 8.42 Å². The number of hydrogen-bond acceptors (Lipinski definition) is 3. The Morgan fingerprint density at radius 3 is 2.24 bits per heavy atom. The van der Waals surface area contributed by atoms with Crippen molar-refractivity contribution < 1.29 is 13.5 Å². The quantitative estimate of drug-likeness (QED) is 0.867. The van der Waals surface area contributed by atoms with Gasteiger partial charge in [0.1, 0.15) is 6.10 Å². The molecule has 0 bridgehead atoms. The maximum absolute atomic E-state index is 11.9. The van der Waals surface area contributed by atoms with Gasteiger partial charge in [-0.3, -0.25) is 0 Å². The van der Waals surface area contributed by atoms with E-state index >= 15 is 0 Å². The molecule has 0 radical (unpaired) electrons. The fourth-order valence-corrected chi connectivity index (χ4v) is 3.49. The number of halogens is 1. The normalized spacial score (nSPS) is 17.5. The lowest BCUT2D eigenvalue weighted by molar-refractivity contribution is 0.167. The van der Waals surface area contributed by atoms with Crippen LogP contribution in [0.2, 0.25) is 0 Å². The lowest BCUT2D eigenvalue weighted by Crippen LogP contribution is -2.36. The first-order chi connectivity index (χ1) is 7.72. The van der Waals surface area contributed by atoms with Crippen molar-refractivity contribution in [1.82, 2.24) is 0 Å². The highest BCUT2D eigenvalue weighted by atomic mass is 79.9. The van der Waals surface area contributed by atoms with Gasteiger partial charge in [-0.05, 0) is 19.4 Å². The van der Waals surface area contributed by atoms with Crippen LogP contribution >= 0.6 is 15.9 Å². The summed E-state index contributed by atoms with van der Waals surface area (Å²) in [6.07, 6.45) is -1.09. The van der Waals surface area contributed by atoms with E-state index in [4.69, 9.17) is 0 Å². The number of aryl methyl sites for hydroxylation is 1. The van der Waals surface area contributed by atoms with Crippen LogP contribution in [0.15, 0.2) is 24.3 Å². The molecule has 1 rings (SSSR count). The number of benzene rings is 1. The number of aliphatic hydroxyl groups is 1. The summed E-state index contributed by atoms with van der Waals surface area (Å²) in [4.78, 5) is 0. The lowest BCUT2D eigenvalue weighted by Gasteiger charge is -2.28. The van der Waals surface area contributed by atoms with Crippen LogP contribution in [0.3, 0.4) is 0 Å². The van der Waals surface area contributed by atoms with E-state index < -0.39 is 19.6 Å². The second kappa shape index (κ2) is 5.08. The summed E-state index contributed by atoms with van der Waals surface area (Å²) in [5.41, 5.74) is 1.66. The van der Waals surface area contributed by atoms with Crippen LogP contribution in [0.5, 0.6) is 0 Å². The number of aliphatic hydroxyl groups excluding tert-OH is 1. The third-order valence-electron chi connectivity index (χ3n) is 2.87. The van der Waals surface area contributed by atoms with Gasteiger partial charge in [0.2, 0.25) is 0 Å². The van der Waals surface area contributed by atoms with E-state index in [0.717, 1.165) is 5.56 Å². The van der Waals surface area contributed by atoms with Crippen LogP contribution in [0.4, 0.5) is 0 Å². The SMILES string of the molecule is CCS(=O)(=O)[C@](C)(Br)[C@H](O)c1ccc(C)cc1. The van der Waals surface area contributed by atoms with Crippen molar-refractivity contribution in [2.45, 2.75) is 30.5 Å². The van der Waals surface area contributed by atoms with Crippen molar-refractivity contribution in [3.8, 4) is 0 Å². The highest BCUT2D eigenvalue weighted by Gasteiger charge is 2.42. The Kier molecular flexibility index (Phi) is 4.38. The van der Waals surface area contributed by atoms with Crippen molar-refractivity contribution in [2.24, 2.45) is 0 Å². The molecule has 3 nitrogen and oxygen atoms in total. The fourth-order valence-electron chi connectivity index (χ4n) is 1.50. The summed E-state index contributed by atoms with van der Waals surface area (Å²) < 4.78 is 22.4. The van der Waals surface area contributed by atoms with Gasteiger partial charge in [0.25, 0.3) is 0 Å². The molecule has 0 saturated heterocycles. The van der Waals surface area contributed by atoms with Gasteiger partial charge in [0.05, 0.1) is 0 Å². The highest BCUT2D eigenvalue weighted by Crippen LogP contribution is 2.38. The van der Waals surface area contributed by atoms with Crippen molar-refractivity contribution >= 4 is 25.8 Å². The zero-order chi connectivity index (χ0) is 13.3. The molecule has 0 aliphatic heterocycles. The van der Waals surface area contributed by atoms with Gasteiger partial charge in [-0.15, -0.1) is 0 Å². The fraction of sp³-hybridized carbons (Fsp3) is 0.500. The largest absolute Gasteiger partial charge is 0.386 e. The molecule has 0 amide bonds. The van der Waals surface area contributed by atoms with Crippen LogP contribution < -0.4 is 0 Å². The first kappa shape index (κ1) is 14.7. The Labute approximate surface area is 111 Å². The summed E-state index contributed by atoms with van der Waals surface area (Å²) in [5, 5.41) is 10.2. The predicted molar refractivity (Wildman–Crippen MR) is 72.9 cm³/mol. The van der Waals surface area contributed by atoms with Gasteiger partial charge in [-0.1, -0.05) is 52.7 Å². The first-order valence-electron chi connectivity index (χ1n) is 5.38. The Morgan fingerprint density at radius 2 is 1.82 bits per heavy atom. The number of sulfone groups is 1. The van der Waals surface area contributed by atoms with Gasteiger partial charge in [0, 0.05) is 5.75 Å². The van der Waals surface area contributed by atoms with E-state index in [0.29, 0.717) is 5.56 Å². The first-order valence-corrected chi connectivity index (χ1v) is 7.82. The third kappa shape index (κ3) is 2.89. The minimum absolute atomic E-state index is 0.0162. The number of hydrogen-bond donors (Lipinski definition) is 1. The second-order valence-electron chi connectivity index (χ2n) is 4.20. The molecule has 0 aliphatic rings. The van der Waals surface area contributed by atoms with Gasteiger partial charge in [-0.2, -0.15) is 0 Å². The molecular weight excluding hydrogens is 304 g/mol. The summed E-state index contributed by atoms with van der Waals surface area (Å²) in [5.74, 6) is -0.0162. The molecular formula is C12H17BrO3S. The molecule has 0 saturated carbocycles. The van der Waals surface area contributed by atoms with E-state index in [9.17, 15) is 13.5 Å². The molecule has 2 atom stereocenters. The molecule has 96 valence electrons. The molecule has 0 spiro atoms. The molecule has 1 N–H and O–H groups in total. The average molecular weight is 321 g/mol. The van der Waals surface area contributed by atoms with Crippen LogP contribution in [-0.4, -0.2) is 22.9 Å². The van der Waals surface area contributed by atoms with Crippen LogP contribution in [0.25, 0.3) is 0 Å². The highest BCUT2D eigenvalue weighted by molar-refractivity contribution is 9.11. The Morgan fingerprint density at radius 1 is 1.35 bits per heavy atom. The smallest absolute Gasteiger partial charge is 0.168 e. The molecule has 0 aromatic heterocycles. The summed E-state index contributed by atoms with van der Waals surface area (Å²) in [7, 11) is -3.39. The lowest BCUT2D eigenvalue weighted by atomic mass is 10.1. The van der Waals surface area contributed by atoms with E-state index in [1.54, 1.807) is 19.1 Å². The topological polar surface area (TPSA) is 54.4 Å². The minimum atomic E-state index is -3.39. The van der Waals surface area contributed by atoms with Crippen LogP contribution in [-0.2, 0) is 9.84 Å². The molecule has 1 aromatic rings. The van der Waals surface area contributed by atoms with Crippen molar-refractivity contribution in [3.05, 3.63) is 35.4 Å². The van der Waals surface area contributed by atoms with Gasteiger partial charge >= 0.3 is 0 Å². The Balaban J connectivity index is 3.12. The van der Waals surface area contributed by atoms with E-state index in [1.165, 1.54) is 6.92 Å². The van der Waals surface area contributed by atoms with Gasteiger partial charge in [0.15, 0.2) is 13.5 Å². The van der Waals surface area contributed by atoms with Gasteiger partial charge < -0.3 is 5.11 Å². The molecule has 0 heterocycles. The average Bonchev–Trinajstić information content (AvgIpc) is 2.28. The van der Waals surface area contributed by atoms with E-state index in [1.807, 2.05) is 19.1 Å². The van der Waals surface area contributed by atoms with Crippen molar-refractivity contribution in [3.63, 3.8) is 0 Å². The number of alkyl halides is 1. The minimum Gasteiger partial charge on any atom is -0.386 e. The molecule has 17 heavy (non-hydrogen) atoms. The summed E-state index contributed by atoms with van der Waals surface area (Å²) in [6, 6.07) is 7.18. The van der Waals surface area contributed by atoms with Crippen molar-refractivity contribution in [1.29, 1.82) is 0 Å². The molecule has 5 heteroatoms. The van der Waals surface area contributed by atoms with E-state index in [-0.39, 0.29) is 5.75 Å². The standard InChI is InChI=1S/C12H17BrO3S/c1-4-17(15,16)12(3,13)11(14)10-7-5-9(2)6-8-10/h5-8,11,14H,4H2,1-3H3/t11-,12+/m1/s1. The molecule has 0 fully saturated rings. The predicted octanol–water partition coefficient (Wildman–Crippen LogP) is 2.57. The monoisotopic (exact) mass is 320 g/mol. The second-order valence-corrected chi connectivity index (χ2v) is 9.03. The summed E-state index contributed by atoms with van der Waals surface area (Å²) in [6.45, 7) is 4.99. The van der Waals surface area contributed by atoms with Crippen LogP contribution in [0.1, 0.15) is 31.1 Å². The van der Waals surface area contributed by atoms with Crippen molar-refractivity contribution in [2.75, 3.05) is 5.75 Å². The molecule has 0 aliphatic carbocycles. The Hall–Kier alpha value is -0.390. The Bertz CT molecular complexity index is 477.